The molecule has 12 heteroatoms. The molecule has 0 spiro atoms. The highest BCUT2D eigenvalue weighted by molar-refractivity contribution is 7.15. The number of morpholine rings is 1. The predicted molar refractivity (Wildman–Crippen MR) is 180 cm³/mol. The molecule has 1 aliphatic rings. The lowest BCUT2D eigenvalue weighted by molar-refractivity contribution is 0.102. The molecule has 0 saturated carbocycles. The highest BCUT2D eigenvalue weighted by atomic mass is 32.1. The fourth-order valence-electron chi connectivity index (χ4n) is 5.50. The van der Waals surface area contributed by atoms with E-state index in [1.54, 1.807) is 24.4 Å². The number of anilines is 4. The predicted octanol–water partition coefficient (Wildman–Crippen LogP) is 6.37. The summed E-state index contributed by atoms with van der Waals surface area (Å²) in [5.74, 6) is 0.971. The lowest BCUT2D eigenvalue weighted by Crippen LogP contribution is -2.36. The van der Waals surface area contributed by atoms with E-state index in [0.29, 0.717) is 34.4 Å². The van der Waals surface area contributed by atoms with Crippen LogP contribution in [0, 0.1) is 0 Å². The zero-order chi connectivity index (χ0) is 31.5. The second-order valence-corrected chi connectivity index (χ2v) is 11.3. The summed E-state index contributed by atoms with van der Waals surface area (Å²) in [6.45, 7) is 3.25. The van der Waals surface area contributed by atoms with Crippen molar-refractivity contribution in [3.63, 3.8) is 0 Å². The topological polar surface area (TPSA) is 115 Å². The van der Waals surface area contributed by atoms with E-state index in [4.69, 9.17) is 24.2 Å². The molecule has 2 N–H and O–H groups in total. The third-order valence-electron chi connectivity index (χ3n) is 7.71. The maximum Gasteiger partial charge on any atom is 0.263 e. The first-order valence-electron chi connectivity index (χ1n) is 14.7. The van der Waals surface area contributed by atoms with Crippen molar-refractivity contribution in [2.75, 3.05) is 56.1 Å². The van der Waals surface area contributed by atoms with Gasteiger partial charge in [0.1, 0.15) is 22.8 Å². The maximum absolute atomic E-state index is 13.4. The van der Waals surface area contributed by atoms with Crippen LogP contribution in [0.1, 0.15) is 10.4 Å². The van der Waals surface area contributed by atoms with Crippen LogP contribution in [-0.2, 0) is 4.74 Å². The van der Waals surface area contributed by atoms with E-state index in [0.717, 1.165) is 59.6 Å². The van der Waals surface area contributed by atoms with Crippen molar-refractivity contribution in [1.29, 1.82) is 0 Å². The van der Waals surface area contributed by atoms with Crippen molar-refractivity contribution in [1.82, 2.24) is 19.4 Å². The zero-order valence-corrected chi connectivity index (χ0v) is 26.1. The first kappa shape index (κ1) is 29.3. The number of aromatic nitrogens is 4. The Morgan fingerprint density at radius 3 is 2.43 bits per heavy atom. The Morgan fingerprint density at radius 2 is 1.67 bits per heavy atom. The van der Waals surface area contributed by atoms with E-state index >= 15 is 0 Å². The highest BCUT2D eigenvalue weighted by Gasteiger charge is 2.21. The van der Waals surface area contributed by atoms with E-state index in [2.05, 4.69) is 32.7 Å². The van der Waals surface area contributed by atoms with E-state index in [1.165, 1.54) is 25.6 Å². The van der Waals surface area contributed by atoms with Gasteiger partial charge >= 0.3 is 0 Å². The van der Waals surface area contributed by atoms with E-state index < -0.39 is 0 Å². The van der Waals surface area contributed by atoms with Gasteiger partial charge in [-0.2, -0.15) is 0 Å². The fraction of sp³-hybridized carbons (Fsp3) is 0.176. The van der Waals surface area contributed by atoms with Crippen LogP contribution < -0.4 is 25.0 Å². The molecule has 11 nitrogen and oxygen atoms in total. The van der Waals surface area contributed by atoms with Crippen molar-refractivity contribution in [3.8, 4) is 34.1 Å². The summed E-state index contributed by atoms with van der Waals surface area (Å²) < 4.78 is 18.4. The minimum absolute atomic E-state index is 0.317. The third kappa shape index (κ3) is 5.83. The van der Waals surface area contributed by atoms with E-state index in [1.807, 2.05) is 58.4 Å². The number of thiazole rings is 1. The molecule has 7 rings (SSSR count). The molecule has 0 bridgehead atoms. The lowest BCUT2D eigenvalue weighted by atomic mass is 10.1. The van der Waals surface area contributed by atoms with Gasteiger partial charge in [-0.15, -0.1) is 11.3 Å². The maximum atomic E-state index is 13.4. The second kappa shape index (κ2) is 12.9. The van der Waals surface area contributed by atoms with Gasteiger partial charge in [-0.3, -0.25) is 9.20 Å². The number of benzene rings is 3. The minimum Gasteiger partial charge on any atom is -0.496 e. The molecule has 46 heavy (non-hydrogen) atoms. The summed E-state index contributed by atoms with van der Waals surface area (Å²) in [6.07, 6.45) is 3.71. The Balaban J connectivity index is 1.17. The van der Waals surface area contributed by atoms with Gasteiger partial charge in [0.2, 0.25) is 5.95 Å². The monoisotopic (exact) mass is 633 g/mol. The summed E-state index contributed by atoms with van der Waals surface area (Å²) >= 11 is 1.54. The number of hydrogen-bond donors (Lipinski definition) is 2. The van der Waals surface area contributed by atoms with Crippen LogP contribution in [0.4, 0.5) is 23.0 Å². The number of methoxy groups -OCH3 is 2. The number of nitrogens with zero attached hydrogens (tertiary/aromatic N) is 5. The summed E-state index contributed by atoms with van der Waals surface area (Å²) in [4.78, 5) is 30.8. The van der Waals surface area contributed by atoms with Gasteiger partial charge in [0, 0.05) is 53.5 Å². The molecule has 0 unspecified atom stereocenters. The van der Waals surface area contributed by atoms with Gasteiger partial charge in [-0.05, 0) is 54.6 Å². The van der Waals surface area contributed by atoms with Gasteiger partial charge in [-0.1, -0.05) is 18.2 Å². The van der Waals surface area contributed by atoms with E-state index in [9.17, 15) is 4.79 Å². The summed E-state index contributed by atoms with van der Waals surface area (Å²) in [6, 6.07) is 22.9. The highest BCUT2D eigenvalue weighted by Crippen LogP contribution is 2.35. The normalized spacial score (nSPS) is 13.0. The molecule has 3 aromatic carbocycles. The molecular weight excluding hydrogens is 602 g/mol. The average molecular weight is 634 g/mol. The summed E-state index contributed by atoms with van der Waals surface area (Å²) in [5.41, 5.74) is 6.04. The number of fused-ring (bicyclic) bond motifs is 1. The second-order valence-electron chi connectivity index (χ2n) is 10.5. The number of rotatable bonds is 9. The molecule has 6 aromatic rings. The summed E-state index contributed by atoms with van der Waals surface area (Å²) in [7, 11) is 3.04. The van der Waals surface area contributed by atoms with Crippen LogP contribution in [0.3, 0.4) is 0 Å². The first-order valence-corrected chi connectivity index (χ1v) is 15.6. The number of carbonyl (C=O) groups excluding carboxylic acids is 1. The van der Waals surface area contributed by atoms with Gasteiger partial charge in [-0.25, -0.2) is 15.0 Å². The molecule has 232 valence electrons. The van der Waals surface area contributed by atoms with Gasteiger partial charge in [0.25, 0.3) is 5.91 Å². The van der Waals surface area contributed by atoms with Gasteiger partial charge in [0.05, 0.1) is 38.8 Å². The minimum atomic E-state index is -0.345. The largest absolute Gasteiger partial charge is 0.496 e. The summed E-state index contributed by atoms with van der Waals surface area (Å²) in [5, 5.41) is 8.32. The van der Waals surface area contributed by atoms with Crippen LogP contribution in [0.15, 0.2) is 90.6 Å². The van der Waals surface area contributed by atoms with Crippen molar-refractivity contribution in [2.24, 2.45) is 0 Å². The van der Waals surface area contributed by atoms with Crippen molar-refractivity contribution >= 4 is 45.2 Å². The average Bonchev–Trinajstić information content (AvgIpc) is 3.71. The Labute approximate surface area is 269 Å². The van der Waals surface area contributed by atoms with Crippen molar-refractivity contribution < 1.29 is 19.0 Å². The molecule has 1 amide bonds. The first-order chi connectivity index (χ1) is 22.6. The Kier molecular flexibility index (Phi) is 8.19. The smallest absolute Gasteiger partial charge is 0.263 e. The van der Waals surface area contributed by atoms with E-state index in [-0.39, 0.29) is 5.91 Å². The molecule has 1 saturated heterocycles. The number of nitrogens with one attached hydrogen (secondary N) is 2. The molecule has 0 aliphatic carbocycles. The zero-order valence-electron chi connectivity index (χ0n) is 25.3. The number of imidazole rings is 1. The molecule has 1 fully saturated rings. The van der Waals surface area contributed by atoms with Crippen molar-refractivity contribution in [3.05, 3.63) is 96.1 Å². The SMILES string of the molecule is COc1cccc(OC)c1C(=O)Nc1cccc(-c2nc3sccn3c2-c2ccnc(Nc3ccc(N4CCOCC4)cc3)n2)c1. The van der Waals surface area contributed by atoms with Crippen LogP contribution in [-0.4, -0.2) is 65.8 Å². The number of ether oxygens (including phenoxy) is 3. The molecule has 3 aromatic heterocycles. The molecular formula is C34H31N7O4S. The number of amides is 1. The van der Waals surface area contributed by atoms with Crippen molar-refractivity contribution in [2.45, 2.75) is 0 Å². The Hall–Kier alpha value is -5.46. The third-order valence-corrected chi connectivity index (χ3v) is 8.47. The van der Waals surface area contributed by atoms with Gasteiger partial charge < -0.3 is 29.7 Å². The Bertz CT molecular complexity index is 1980. The van der Waals surface area contributed by atoms with Crippen LogP contribution in [0.25, 0.3) is 27.6 Å². The standard InChI is InChI=1S/C34H31N7O4S/c1-43-27-7-4-8-28(44-2)29(27)32(42)36-24-6-3-5-22(21-24)30-31(41-17-20-46-34(41)39-30)26-13-14-35-33(38-26)37-23-9-11-25(12-10-23)40-15-18-45-19-16-40/h3-14,17,20-21H,15-16,18-19H2,1-2H3,(H,36,42)(H,35,37,38). The fourth-order valence-corrected chi connectivity index (χ4v) is 6.22. The molecule has 0 radical (unpaired) electrons. The van der Waals surface area contributed by atoms with Crippen LogP contribution >= 0.6 is 11.3 Å². The Morgan fingerprint density at radius 1 is 0.913 bits per heavy atom. The van der Waals surface area contributed by atoms with Crippen LogP contribution in [0.5, 0.6) is 11.5 Å². The number of carbonyl (C=O) groups is 1. The van der Waals surface area contributed by atoms with Crippen LogP contribution in [0.2, 0.25) is 0 Å². The quantitative estimate of drug-likeness (QED) is 0.187. The molecule has 4 heterocycles. The van der Waals surface area contributed by atoms with Gasteiger partial charge in [0.15, 0.2) is 4.96 Å². The lowest BCUT2D eigenvalue weighted by Gasteiger charge is -2.28. The molecule has 0 atom stereocenters. The molecule has 1 aliphatic heterocycles. The number of hydrogen-bond acceptors (Lipinski definition) is 10.